The zero-order valence-electron chi connectivity index (χ0n) is 13.1. The summed E-state index contributed by atoms with van der Waals surface area (Å²) in [6.07, 6.45) is 1.86. The fourth-order valence-electron chi connectivity index (χ4n) is 2.60. The molecule has 2 atom stereocenters. The number of amides is 1. The van der Waals surface area contributed by atoms with Gasteiger partial charge < -0.3 is 5.32 Å². The Morgan fingerprint density at radius 1 is 1.30 bits per heavy atom. The number of rotatable bonds is 4. The van der Waals surface area contributed by atoms with E-state index in [2.05, 4.69) is 36.1 Å². The van der Waals surface area contributed by atoms with Gasteiger partial charge in [0.2, 0.25) is 0 Å². The zero-order chi connectivity index (χ0) is 14.9. The van der Waals surface area contributed by atoms with Crippen molar-refractivity contribution >= 4 is 5.91 Å². The summed E-state index contributed by atoms with van der Waals surface area (Å²) in [4.78, 5) is 14.7. The summed E-state index contributed by atoms with van der Waals surface area (Å²) < 4.78 is 1.81. The molecular weight excluding hydrogens is 252 g/mol. The summed E-state index contributed by atoms with van der Waals surface area (Å²) in [5, 5.41) is 7.45. The Bertz CT molecular complexity index is 466. The van der Waals surface area contributed by atoms with Crippen LogP contribution in [0.15, 0.2) is 12.3 Å². The molecule has 0 unspecified atom stereocenters. The van der Waals surface area contributed by atoms with Gasteiger partial charge in [0.05, 0.1) is 0 Å². The normalized spacial score (nSPS) is 23.8. The van der Waals surface area contributed by atoms with E-state index in [-0.39, 0.29) is 18.0 Å². The maximum Gasteiger partial charge on any atom is 0.272 e. The first kappa shape index (κ1) is 15.0. The molecule has 1 N–H and O–H groups in total. The number of nitrogens with zero attached hydrogens (tertiary/aromatic N) is 3. The van der Waals surface area contributed by atoms with Gasteiger partial charge in [0.25, 0.3) is 5.91 Å². The maximum absolute atomic E-state index is 12.3. The van der Waals surface area contributed by atoms with Crippen molar-refractivity contribution in [3.05, 3.63) is 18.0 Å². The van der Waals surface area contributed by atoms with Crippen molar-refractivity contribution in [2.75, 3.05) is 13.1 Å². The van der Waals surface area contributed by atoms with Crippen molar-refractivity contribution in [1.29, 1.82) is 0 Å². The van der Waals surface area contributed by atoms with Crippen LogP contribution in [0.5, 0.6) is 0 Å². The first-order valence-corrected chi connectivity index (χ1v) is 7.48. The van der Waals surface area contributed by atoms with Gasteiger partial charge in [-0.3, -0.25) is 14.4 Å². The van der Waals surface area contributed by atoms with Crippen LogP contribution >= 0.6 is 0 Å². The second-order valence-corrected chi connectivity index (χ2v) is 6.38. The van der Waals surface area contributed by atoms with Gasteiger partial charge in [-0.1, -0.05) is 6.92 Å². The van der Waals surface area contributed by atoms with Crippen molar-refractivity contribution in [2.45, 2.75) is 52.7 Å². The van der Waals surface area contributed by atoms with Gasteiger partial charge >= 0.3 is 0 Å². The summed E-state index contributed by atoms with van der Waals surface area (Å²) in [6.45, 7) is 12.7. The molecule has 5 nitrogen and oxygen atoms in total. The highest BCUT2D eigenvalue weighted by molar-refractivity contribution is 5.92. The Hall–Kier alpha value is -1.36. The summed E-state index contributed by atoms with van der Waals surface area (Å²) >= 11 is 0. The number of aromatic nitrogens is 2. The number of likely N-dealkylation sites (tertiary alicyclic amines) is 1. The van der Waals surface area contributed by atoms with Crippen LogP contribution in [0.3, 0.4) is 0 Å². The van der Waals surface area contributed by atoms with Crippen molar-refractivity contribution in [3.8, 4) is 0 Å². The largest absolute Gasteiger partial charge is 0.346 e. The fourth-order valence-corrected chi connectivity index (χ4v) is 2.60. The van der Waals surface area contributed by atoms with Crippen molar-refractivity contribution in [3.63, 3.8) is 0 Å². The lowest BCUT2D eigenvalue weighted by atomic mass is 10.1. The average Bonchev–Trinajstić information content (AvgIpc) is 2.97. The number of hydrogen-bond donors (Lipinski definition) is 1. The first-order chi connectivity index (χ1) is 9.38. The number of carbonyl (C=O) groups excluding carboxylic acids is 1. The molecule has 1 aliphatic heterocycles. The number of hydrogen-bond acceptors (Lipinski definition) is 3. The van der Waals surface area contributed by atoms with Crippen molar-refractivity contribution in [2.24, 2.45) is 5.92 Å². The minimum atomic E-state index is -0.0631. The van der Waals surface area contributed by atoms with Crippen molar-refractivity contribution in [1.82, 2.24) is 20.0 Å². The lowest BCUT2D eigenvalue weighted by Gasteiger charge is -2.20. The molecule has 0 aliphatic carbocycles. The molecule has 0 spiro atoms. The summed E-state index contributed by atoms with van der Waals surface area (Å²) in [7, 11) is 0. The molecule has 0 radical (unpaired) electrons. The minimum Gasteiger partial charge on any atom is -0.346 e. The van der Waals surface area contributed by atoms with Crippen LogP contribution in [0.25, 0.3) is 0 Å². The van der Waals surface area contributed by atoms with E-state index in [0.717, 1.165) is 13.1 Å². The standard InChI is InChI=1S/C15H26N4O/c1-10(2)18-8-12(5)14(9-18)16-15(20)13-6-7-19(17-13)11(3)4/h6-7,10-12,14H,8-9H2,1-5H3,(H,16,20)/t12-,14+/m0/s1. The van der Waals surface area contributed by atoms with Gasteiger partial charge in [0.1, 0.15) is 5.69 Å². The smallest absolute Gasteiger partial charge is 0.272 e. The van der Waals surface area contributed by atoms with E-state index in [9.17, 15) is 4.79 Å². The highest BCUT2D eigenvalue weighted by Gasteiger charge is 2.32. The fraction of sp³-hybridized carbons (Fsp3) is 0.733. The maximum atomic E-state index is 12.3. The average molecular weight is 278 g/mol. The first-order valence-electron chi connectivity index (χ1n) is 7.48. The number of carbonyl (C=O) groups is 1. The van der Waals surface area contributed by atoms with Crippen LogP contribution in [-0.2, 0) is 0 Å². The molecule has 1 saturated heterocycles. The van der Waals surface area contributed by atoms with Gasteiger partial charge in [-0.2, -0.15) is 5.10 Å². The van der Waals surface area contributed by atoms with Crippen LogP contribution in [0.4, 0.5) is 0 Å². The van der Waals surface area contributed by atoms with E-state index in [4.69, 9.17) is 0 Å². The molecule has 0 bridgehead atoms. The zero-order valence-corrected chi connectivity index (χ0v) is 13.1. The SMILES string of the molecule is CC(C)N1C[C@H](C)[C@H](NC(=O)c2ccn(C(C)C)n2)C1. The summed E-state index contributed by atoms with van der Waals surface area (Å²) in [5.41, 5.74) is 0.508. The Morgan fingerprint density at radius 2 is 2.00 bits per heavy atom. The molecule has 1 amide bonds. The topological polar surface area (TPSA) is 50.2 Å². The van der Waals surface area contributed by atoms with Crippen LogP contribution < -0.4 is 5.32 Å². The van der Waals surface area contributed by atoms with Crippen LogP contribution in [0.2, 0.25) is 0 Å². The van der Waals surface area contributed by atoms with Crippen LogP contribution in [0.1, 0.15) is 51.1 Å². The van der Waals surface area contributed by atoms with Crippen LogP contribution in [0, 0.1) is 5.92 Å². The third-order valence-electron chi connectivity index (χ3n) is 4.06. The second-order valence-electron chi connectivity index (χ2n) is 6.38. The van der Waals surface area contributed by atoms with E-state index in [1.807, 2.05) is 24.7 Å². The minimum absolute atomic E-state index is 0.0631. The number of nitrogens with one attached hydrogen (secondary N) is 1. The van der Waals surface area contributed by atoms with E-state index >= 15 is 0 Å². The predicted molar refractivity (Wildman–Crippen MR) is 79.7 cm³/mol. The lowest BCUT2D eigenvalue weighted by Crippen LogP contribution is -2.40. The molecular formula is C15H26N4O. The van der Waals surface area contributed by atoms with Crippen molar-refractivity contribution < 1.29 is 4.79 Å². The molecule has 2 rings (SSSR count). The monoisotopic (exact) mass is 278 g/mol. The molecule has 1 aromatic heterocycles. The summed E-state index contributed by atoms with van der Waals surface area (Å²) in [5.74, 6) is 0.417. The molecule has 0 aromatic carbocycles. The molecule has 2 heterocycles. The van der Waals surface area contributed by atoms with Crippen LogP contribution in [-0.4, -0.2) is 45.8 Å². The molecule has 20 heavy (non-hydrogen) atoms. The lowest BCUT2D eigenvalue weighted by molar-refractivity contribution is 0.0924. The predicted octanol–water partition coefficient (Wildman–Crippen LogP) is 1.92. The van der Waals surface area contributed by atoms with Gasteiger partial charge in [0, 0.05) is 37.4 Å². The highest BCUT2D eigenvalue weighted by atomic mass is 16.2. The third-order valence-corrected chi connectivity index (χ3v) is 4.06. The van der Waals surface area contributed by atoms with E-state index in [0.29, 0.717) is 17.7 Å². The Morgan fingerprint density at radius 3 is 2.50 bits per heavy atom. The van der Waals surface area contributed by atoms with Gasteiger partial charge in [-0.15, -0.1) is 0 Å². The molecule has 112 valence electrons. The molecule has 5 heteroatoms. The molecule has 0 saturated carbocycles. The Balaban J connectivity index is 1.97. The second kappa shape index (κ2) is 5.95. The van der Waals surface area contributed by atoms with Gasteiger partial charge in [-0.05, 0) is 39.7 Å². The van der Waals surface area contributed by atoms with E-state index in [1.165, 1.54) is 0 Å². The third kappa shape index (κ3) is 3.20. The van der Waals surface area contributed by atoms with Gasteiger partial charge in [0.15, 0.2) is 0 Å². The Kier molecular flexibility index (Phi) is 4.48. The quantitative estimate of drug-likeness (QED) is 0.915. The highest BCUT2D eigenvalue weighted by Crippen LogP contribution is 2.19. The van der Waals surface area contributed by atoms with E-state index < -0.39 is 0 Å². The molecule has 1 aliphatic rings. The molecule has 1 aromatic rings. The van der Waals surface area contributed by atoms with Gasteiger partial charge in [-0.25, -0.2) is 0 Å². The van der Waals surface area contributed by atoms with E-state index in [1.54, 1.807) is 6.07 Å². The summed E-state index contributed by atoms with van der Waals surface area (Å²) in [6, 6.07) is 2.81. The Labute approximate surface area is 121 Å². The molecule has 1 fully saturated rings.